The van der Waals surface area contributed by atoms with Crippen LogP contribution >= 0.6 is 12.2 Å². The summed E-state index contributed by atoms with van der Waals surface area (Å²) < 4.78 is 5.25. The highest BCUT2D eigenvalue weighted by atomic mass is 32.1. The van der Waals surface area contributed by atoms with Gasteiger partial charge in [-0.05, 0) is 14.0 Å². The summed E-state index contributed by atoms with van der Waals surface area (Å²) in [6, 6.07) is 0.268. The molecular formula is C11H22N2O2S. The van der Waals surface area contributed by atoms with Crippen LogP contribution in [-0.2, 0) is 4.74 Å². The van der Waals surface area contributed by atoms with Crippen LogP contribution in [0.25, 0.3) is 0 Å². The van der Waals surface area contributed by atoms with E-state index in [0.29, 0.717) is 44.0 Å². The van der Waals surface area contributed by atoms with Gasteiger partial charge in [-0.1, -0.05) is 12.2 Å². The zero-order valence-electron chi connectivity index (χ0n) is 10.1. The molecule has 1 unspecified atom stereocenters. The quantitative estimate of drug-likeness (QED) is 0.693. The maximum atomic E-state index is 10.3. The van der Waals surface area contributed by atoms with Crippen molar-refractivity contribution in [3.8, 4) is 0 Å². The molecule has 1 atom stereocenters. The van der Waals surface area contributed by atoms with Crippen LogP contribution in [0.3, 0.4) is 0 Å². The van der Waals surface area contributed by atoms with Crippen LogP contribution in [0, 0.1) is 0 Å². The third-order valence-electron chi connectivity index (χ3n) is 3.22. The van der Waals surface area contributed by atoms with Crippen molar-refractivity contribution in [3.05, 3.63) is 0 Å². The first-order chi connectivity index (χ1) is 7.43. The smallest absolute Gasteiger partial charge is 0.0817 e. The van der Waals surface area contributed by atoms with Gasteiger partial charge in [-0.3, -0.25) is 0 Å². The molecule has 1 rings (SSSR count). The van der Waals surface area contributed by atoms with Crippen molar-refractivity contribution in [2.75, 3.05) is 26.8 Å². The Balaban J connectivity index is 2.42. The number of ether oxygens (including phenoxy) is 1. The minimum absolute atomic E-state index is 0.268. The Kier molecular flexibility index (Phi) is 5.11. The van der Waals surface area contributed by atoms with Gasteiger partial charge in [0.25, 0.3) is 0 Å². The number of likely N-dealkylation sites (N-methyl/N-ethyl adjacent to an activating group) is 1. The van der Waals surface area contributed by atoms with Crippen molar-refractivity contribution in [1.29, 1.82) is 0 Å². The van der Waals surface area contributed by atoms with E-state index in [9.17, 15) is 5.11 Å². The van der Waals surface area contributed by atoms with Crippen LogP contribution in [-0.4, -0.2) is 53.4 Å². The van der Waals surface area contributed by atoms with E-state index in [0.717, 1.165) is 0 Å². The van der Waals surface area contributed by atoms with Gasteiger partial charge < -0.3 is 20.5 Å². The molecule has 0 spiro atoms. The van der Waals surface area contributed by atoms with Crippen LogP contribution < -0.4 is 5.73 Å². The zero-order chi connectivity index (χ0) is 12.2. The predicted octanol–water partition coefficient (Wildman–Crippen LogP) is 0.524. The Morgan fingerprint density at radius 3 is 2.62 bits per heavy atom. The Morgan fingerprint density at radius 2 is 2.12 bits per heavy atom. The third kappa shape index (κ3) is 4.33. The van der Waals surface area contributed by atoms with Crippen molar-refractivity contribution < 1.29 is 9.84 Å². The molecule has 0 bridgehead atoms. The molecule has 3 N–H and O–H groups in total. The molecule has 16 heavy (non-hydrogen) atoms. The summed E-state index contributed by atoms with van der Waals surface area (Å²) in [5.41, 5.74) is 4.91. The lowest BCUT2D eigenvalue weighted by Gasteiger charge is -2.37. The van der Waals surface area contributed by atoms with Crippen LogP contribution in [0.5, 0.6) is 0 Å². The van der Waals surface area contributed by atoms with Gasteiger partial charge in [0, 0.05) is 45.1 Å². The number of rotatable bonds is 5. The molecule has 0 aromatic heterocycles. The Bertz CT molecular complexity index is 242. The standard InChI is InChI=1S/C11H22N2O2S/c1-9(7-10(12)16)13(2)8-11(14)3-5-15-6-4-11/h9,14H,3-8H2,1-2H3,(H2,12,16). The highest BCUT2D eigenvalue weighted by Crippen LogP contribution is 2.22. The number of hydrogen-bond donors (Lipinski definition) is 2. The van der Waals surface area contributed by atoms with Gasteiger partial charge in [0.2, 0.25) is 0 Å². The summed E-state index contributed by atoms with van der Waals surface area (Å²) in [4.78, 5) is 2.64. The maximum Gasteiger partial charge on any atom is 0.0817 e. The molecule has 5 heteroatoms. The second-order valence-electron chi connectivity index (χ2n) is 4.77. The second kappa shape index (κ2) is 5.91. The summed E-state index contributed by atoms with van der Waals surface area (Å²) in [7, 11) is 2.00. The van der Waals surface area contributed by atoms with Crippen molar-refractivity contribution in [2.45, 2.75) is 37.8 Å². The molecule has 0 aromatic rings. The molecule has 0 amide bonds. The molecule has 0 aromatic carbocycles. The van der Waals surface area contributed by atoms with Crippen LogP contribution in [0.2, 0.25) is 0 Å². The van der Waals surface area contributed by atoms with Crippen molar-refractivity contribution in [3.63, 3.8) is 0 Å². The van der Waals surface area contributed by atoms with E-state index in [1.807, 2.05) is 7.05 Å². The van der Waals surface area contributed by atoms with E-state index >= 15 is 0 Å². The first-order valence-corrected chi connectivity index (χ1v) is 6.12. The first-order valence-electron chi connectivity index (χ1n) is 5.72. The van der Waals surface area contributed by atoms with E-state index in [1.165, 1.54) is 0 Å². The monoisotopic (exact) mass is 246 g/mol. The van der Waals surface area contributed by atoms with Crippen molar-refractivity contribution in [2.24, 2.45) is 5.73 Å². The third-order valence-corrected chi connectivity index (χ3v) is 3.38. The predicted molar refractivity (Wildman–Crippen MR) is 68.5 cm³/mol. The van der Waals surface area contributed by atoms with Gasteiger partial charge in [-0.15, -0.1) is 0 Å². The Labute approximate surface area is 103 Å². The fourth-order valence-corrected chi connectivity index (χ4v) is 2.22. The lowest BCUT2D eigenvalue weighted by Crippen LogP contribution is -2.48. The Hall–Kier alpha value is -0.230. The Morgan fingerprint density at radius 1 is 1.56 bits per heavy atom. The topological polar surface area (TPSA) is 58.7 Å². The van der Waals surface area contributed by atoms with Gasteiger partial charge in [0.05, 0.1) is 10.6 Å². The van der Waals surface area contributed by atoms with Crippen LogP contribution in [0.4, 0.5) is 0 Å². The number of nitrogens with zero attached hydrogens (tertiary/aromatic N) is 1. The van der Waals surface area contributed by atoms with E-state index in [4.69, 9.17) is 22.7 Å². The molecule has 1 fully saturated rings. The molecule has 0 aliphatic carbocycles. The minimum Gasteiger partial charge on any atom is -0.393 e. The van der Waals surface area contributed by atoms with E-state index in [2.05, 4.69) is 11.8 Å². The molecule has 1 aliphatic rings. The van der Waals surface area contributed by atoms with Gasteiger partial charge in [-0.2, -0.15) is 0 Å². The molecule has 94 valence electrons. The molecule has 0 saturated carbocycles. The minimum atomic E-state index is -0.614. The summed E-state index contributed by atoms with van der Waals surface area (Å²) in [5, 5.41) is 10.3. The van der Waals surface area contributed by atoms with Gasteiger partial charge in [0.15, 0.2) is 0 Å². The average molecular weight is 246 g/mol. The van der Waals surface area contributed by atoms with E-state index < -0.39 is 5.60 Å². The first kappa shape index (κ1) is 13.8. The summed E-state index contributed by atoms with van der Waals surface area (Å²) in [6.07, 6.45) is 2.10. The normalized spacial score (nSPS) is 22.0. The fraction of sp³-hybridized carbons (Fsp3) is 0.909. The van der Waals surface area contributed by atoms with Gasteiger partial charge >= 0.3 is 0 Å². The number of hydrogen-bond acceptors (Lipinski definition) is 4. The average Bonchev–Trinajstić information content (AvgIpc) is 2.16. The van der Waals surface area contributed by atoms with Crippen LogP contribution in [0.1, 0.15) is 26.2 Å². The van der Waals surface area contributed by atoms with Gasteiger partial charge in [-0.25, -0.2) is 0 Å². The lowest BCUT2D eigenvalue weighted by molar-refractivity contribution is -0.0803. The highest BCUT2D eigenvalue weighted by Gasteiger charge is 2.32. The molecule has 1 saturated heterocycles. The highest BCUT2D eigenvalue weighted by molar-refractivity contribution is 7.80. The fourth-order valence-electron chi connectivity index (χ4n) is 1.98. The number of aliphatic hydroxyl groups is 1. The van der Waals surface area contributed by atoms with Crippen LogP contribution in [0.15, 0.2) is 0 Å². The lowest BCUT2D eigenvalue weighted by atomic mass is 9.93. The summed E-state index contributed by atoms with van der Waals surface area (Å²) in [5.74, 6) is 0. The largest absolute Gasteiger partial charge is 0.393 e. The van der Waals surface area contributed by atoms with Crippen molar-refractivity contribution in [1.82, 2.24) is 4.90 Å². The van der Waals surface area contributed by atoms with E-state index in [1.54, 1.807) is 0 Å². The zero-order valence-corrected chi connectivity index (χ0v) is 10.9. The molecule has 1 heterocycles. The molecular weight excluding hydrogens is 224 g/mol. The molecule has 1 aliphatic heterocycles. The number of nitrogens with two attached hydrogens (primary N) is 1. The summed E-state index contributed by atoms with van der Waals surface area (Å²) in [6.45, 7) is 4.02. The van der Waals surface area contributed by atoms with Gasteiger partial charge in [0.1, 0.15) is 0 Å². The maximum absolute atomic E-state index is 10.3. The van der Waals surface area contributed by atoms with Crippen molar-refractivity contribution >= 4 is 17.2 Å². The number of thiocarbonyl (C=S) groups is 1. The summed E-state index contributed by atoms with van der Waals surface area (Å²) >= 11 is 4.89. The van der Waals surface area contributed by atoms with E-state index in [-0.39, 0.29) is 6.04 Å². The molecule has 0 radical (unpaired) electrons. The SMILES string of the molecule is CC(CC(N)=S)N(C)CC1(O)CCOCC1. The molecule has 4 nitrogen and oxygen atoms in total. The second-order valence-corrected chi connectivity index (χ2v) is 5.30.